The zero-order valence-electron chi connectivity index (χ0n) is 14.6. The van der Waals surface area contributed by atoms with E-state index >= 15 is 0 Å². The number of anilines is 1. The Morgan fingerprint density at radius 2 is 1.64 bits per heavy atom. The lowest BCUT2D eigenvalue weighted by Crippen LogP contribution is -2.28. The highest BCUT2D eigenvalue weighted by Crippen LogP contribution is 2.22. The molecule has 3 aromatic carbocycles. The van der Waals surface area contributed by atoms with Gasteiger partial charge in [0.15, 0.2) is 0 Å². The van der Waals surface area contributed by atoms with Crippen LogP contribution in [0.25, 0.3) is 10.8 Å². The molecule has 0 aromatic heterocycles. The van der Waals surface area contributed by atoms with Crippen LogP contribution < -0.4 is 10.6 Å². The summed E-state index contributed by atoms with van der Waals surface area (Å²) in [6.07, 6.45) is 1.31. The van der Waals surface area contributed by atoms with Gasteiger partial charge in [0, 0.05) is 30.6 Å². The minimum absolute atomic E-state index is 0.0975. The molecule has 1 amide bonds. The number of fused-ring (bicyclic) bond motifs is 1. The van der Waals surface area contributed by atoms with Crippen molar-refractivity contribution in [2.45, 2.75) is 19.8 Å². The van der Waals surface area contributed by atoms with Gasteiger partial charge in [-0.25, -0.2) is 0 Å². The lowest BCUT2D eigenvalue weighted by Gasteiger charge is -2.10. The quantitative estimate of drug-likeness (QED) is 0.633. The van der Waals surface area contributed by atoms with Crippen LogP contribution in [-0.4, -0.2) is 19.0 Å². The van der Waals surface area contributed by atoms with Gasteiger partial charge in [-0.3, -0.25) is 4.79 Å². The molecular formula is C22H24N2O. The third kappa shape index (κ3) is 4.83. The maximum absolute atomic E-state index is 12.0. The Labute approximate surface area is 149 Å². The molecule has 3 aromatic rings. The van der Waals surface area contributed by atoms with Crippen LogP contribution in [0.15, 0.2) is 66.7 Å². The van der Waals surface area contributed by atoms with Crippen LogP contribution in [-0.2, 0) is 11.2 Å². The van der Waals surface area contributed by atoms with Crippen molar-refractivity contribution in [3.63, 3.8) is 0 Å². The van der Waals surface area contributed by atoms with Crippen molar-refractivity contribution < 1.29 is 4.79 Å². The van der Waals surface area contributed by atoms with Crippen molar-refractivity contribution in [2.75, 3.05) is 18.4 Å². The van der Waals surface area contributed by atoms with E-state index in [2.05, 4.69) is 66.1 Å². The van der Waals surface area contributed by atoms with Gasteiger partial charge in [-0.1, -0.05) is 66.2 Å². The van der Waals surface area contributed by atoms with Crippen molar-refractivity contribution in [1.82, 2.24) is 5.32 Å². The Bertz CT molecular complexity index is 835. The van der Waals surface area contributed by atoms with Crippen molar-refractivity contribution in [3.05, 3.63) is 77.9 Å². The highest BCUT2D eigenvalue weighted by atomic mass is 16.1. The molecule has 0 saturated heterocycles. The molecule has 3 nitrogen and oxygen atoms in total. The molecule has 0 radical (unpaired) electrons. The number of hydrogen-bond acceptors (Lipinski definition) is 2. The number of amides is 1. The molecule has 25 heavy (non-hydrogen) atoms. The fourth-order valence-corrected chi connectivity index (χ4v) is 2.88. The summed E-state index contributed by atoms with van der Waals surface area (Å²) in [6, 6.07) is 22.9. The molecule has 0 spiro atoms. The molecule has 0 bridgehead atoms. The van der Waals surface area contributed by atoms with E-state index in [1.165, 1.54) is 21.9 Å². The number of benzene rings is 3. The molecular weight excluding hydrogens is 308 g/mol. The molecule has 128 valence electrons. The second-order valence-electron chi connectivity index (χ2n) is 6.29. The summed E-state index contributed by atoms with van der Waals surface area (Å²) in [7, 11) is 0. The van der Waals surface area contributed by atoms with Gasteiger partial charge in [0.25, 0.3) is 0 Å². The Kier molecular flexibility index (Phi) is 5.68. The average molecular weight is 332 g/mol. The largest absolute Gasteiger partial charge is 0.383 e. The van der Waals surface area contributed by atoms with Crippen LogP contribution in [0.5, 0.6) is 0 Å². The van der Waals surface area contributed by atoms with E-state index in [4.69, 9.17) is 0 Å². The predicted octanol–water partition coefficient (Wildman–Crippen LogP) is 4.31. The number of nitrogens with one attached hydrogen (secondary N) is 2. The maximum Gasteiger partial charge on any atom is 0.220 e. The molecule has 0 saturated carbocycles. The lowest BCUT2D eigenvalue weighted by atomic mass is 10.1. The molecule has 0 atom stereocenters. The second kappa shape index (κ2) is 8.34. The predicted molar refractivity (Wildman–Crippen MR) is 105 cm³/mol. The molecule has 0 aliphatic heterocycles. The number of carbonyl (C=O) groups excluding carboxylic acids is 1. The third-order valence-electron chi connectivity index (χ3n) is 4.31. The summed E-state index contributed by atoms with van der Waals surface area (Å²) in [4.78, 5) is 12.0. The molecule has 0 fully saturated rings. The highest BCUT2D eigenvalue weighted by molar-refractivity contribution is 5.93. The zero-order chi connectivity index (χ0) is 17.5. The first kappa shape index (κ1) is 17.0. The van der Waals surface area contributed by atoms with Gasteiger partial charge in [0.05, 0.1) is 0 Å². The summed E-state index contributed by atoms with van der Waals surface area (Å²) in [6.45, 7) is 3.40. The minimum Gasteiger partial charge on any atom is -0.383 e. The van der Waals surface area contributed by atoms with Crippen LogP contribution in [0.4, 0.5) is 5.69 Å². The van der Waals surface area contributed by atoms with E-state index in [0.717, 1.165) is 12.1 Å². The summed E-state index contributed by atoms with van der Waals surface area (Å²) in [5, 5.41) is 8.81. The first-order valence-corrected chi connectivity index (χ1v) is 8.76. The monoisotopic (exact) mass is 332 g/mol. The first-order chi connectivity index (χ1) is 12.2. The number of hydrogen-bond donors (Lipinski definition) is 2. The average Bonchev–Trinajstić information content (AvgIpc) is 2.65. The smallest absolute Gasteiger partial charge is 0.220 e. The van der Waals surface area contributed by atoms with Crippen molar-refractivity contribution in [1.29, 1.82) is 0 Å². The number of rotatable bonds is 7. The fourth-order valence-electron chi connectivity index (χ4n) is 2.88. The second-order valence-corrected chi connectivity index (χ2v) is 6.29. The first-order valence-electron chi connectivity index (χ1n) is 8.76. The highest BCUT2D eigenvalue weighted by Gasteiger charge is 2.03. The van der Waals surface area contributed by atoms with E-state index in [-0.39, 0.29) is 5.91 Å². The van der Waals surface area contributed by atoms with Crippen molar-refractivity contribution in [3.8, 4) is 0 Å². The van der Waals surface area contributed by atoms with Gasteiger partial charge in [-0.05, 0) is 30.4 Å². The molecule has 0 heterocycles. The standard InChI is InChI=1S/C22H24N2O/c1-17-9-11-18(12-10-17)13-14-22(25)24-16-15-23-21-8-4-6-19-5-2-3-7-20(19)21/h2-12,23H,13-16H2,1H3,(H,24,25). The normalized spacial score (nSPS) is 10.6. The summed E-state index contributed by atoms with van der Waals surface area (Å²) in [5.41, 5.74) is 3.55. The van der Waals surface area contributed by atoms with Gasteiger partial charge in [-0.2, -0.15) is 0 Å². The lowest BCUT2D eigenvalue weighted by molar-refractivity contribution is -0.120. The zero-order valence-corrected chi connectivity index (χ0v) is 14.6. The van der Waals surface area contributed by atoms with Crippen molar-refractivity contribution >= 4 is 22.4 Å². The molecule has 0 aliphatic rings. The van der Waals surface area contributed by atoms with Gasteiger partial charge in [-0.15, -0.1) is 0 Å². The van der Waals surface area contributed by atoms with E-state index in [1.54, 1.807) is 0 Å². The molecule has 3 rings (SSSR count). The summed E-state index contributed by atoms with van der Waals surface area (Å²) < 4.78 is 0. The van der Waals surface area contributed by atoms with E-state index in [0.29, 0.717) is 19.5 Å². The number of carbonyl (C=O) groups is 1. The summed E-state index contributed by atoms with van der Waals surface area (Å²) >= 11 is 0. The SMILES string of the molecule is Cc1ccc(CCC(=O)NCCNc2cccc3ccccc23)cc1. The topological polar surface area (TPSA) is 41.1 Å². The number of aryl methyl sites for hydroxylation is 2. The Balaban J connectivity index is 1.42. The van der Waals surface area contributed by atoms with Crippen LogP contribution >= 0.6 is 0 Å². The minimum atomic E-state index is 0.0975. The molecule has 2 N–H and O–H groups in total. The Morgan fingerprint density at radius 3 is 2.48 bits per heavy atom. The van der Waals surface area contributed by atoms with Crippen LogP contribution in [0.2, 0.25) is 0 Å². The van der Waals surface area contributed by atoms with Crippen LogP contribution in [0.1, 0.15) is 17.5 Å². The Morgan fingerprint density at radius 1 is 0.880 bits per heavy atom. The van der Waals surface area contributed by atoms with E-state index in [9.17, 15) is 4.79 Å². The van der Waals surface area contributed by atoms with Gasteiger partial charge < -0.3 is 10.6 Å². The van der Waals surface area contributed by atoms with Gasteiger partial charge >= 0.3 is 0 Å². The Hall–Kier alpha value is -2.81. The van der Waals surface area contributed by atoms with Gasteiger partial charge in [0.1, 0.15) is 0 Å². The van der Waals surface area contributed by atoms with E-state index < -0.39 is 0 Å². The van der Waals surface area contributed by atoms with E-state index in [1.807, 2.05) is 18.2 Å². The van der Waals surface area contributed by atoms with Gasteiger partial charge in [0.2, 0.25) is 5.91 Å². The molecule has 0 unspecified atom stereocenters. The maximum atomic E-state index is 12.0. The summed E-state index contributed by atoms with van der Waals surface area (Å²) in [5.74, 6) is 0.0975. The van der Waals surface area contributed by atoms with Crippen LogP contribution in [0, 0.1) is 6.92 Å². The third-order valence-corrected chi connectivity index (χ3v) is 4.31. The van der Waals surface area contributed by atoms with Crippen molar-refractivity contribution in [2.24, 2.45) is 0 Å². The molecule has 0 aliphatic carbocycles. The fraction of sp³-hybridized carbons (Fsp3) is 0.227. The molecule has 3 heteroatoms. The van der Waals surface area contributed by atoms with Crippen LogP contribution in [0.3, 0.4) is 0 Å².